The van der Waals surface area contributed by atoms with Gasteiger partial charge in [0.1, 0.15) is 5.84 Å². The number of amidine groups is 1. The molecular weight excluding hydrogens is 456 g/mol. The number of hydrogen-bond acceptors (Lipinski definition) is 8. The number of anilines is 1. The molecule has 36 heavy (non-hydrogen) atoms. The number of methoxy groups -OCH3 is 1. The van der Waals surface area contributed by atoms with Crippen molar-refractivity contribution in [1.29, 1.82) is 0 Å². The van der Waals surface area contributed by atoms with Crippen molar-refractivity contribution in [3.05, 3.63) is 72.4 Å². The summed E-state index contributed by atoms with van der Waals surface area (Å²) in [5.74, 6) is 1.21. The highest BCUT2D eigenvalue weighted by Crippen LogP contribution is 2.49. The van der Waals surface area contributed by atoms with Gasteiger partial charge in [-0.05, 0) is 43.9 Å². The Balaban J connectivity index is 1.50. The predicted octanol–water partition coefficient (Wildman–Crippen LogP) is 3.97. The van der Waals surface area contributed by atoms with Crippen molar-refractivity contribution in [2.45, 2.75) is 38.2 Å². The molecule has 2 aromatic heterocycles. The third-order valence-corrected chi connectivity index (χ3v) is 6.00. The summed E-state index contributed by atoms with van der Waals surface area (Å²) >= 11 is 0. The van der Waals surface area contributed by atoms with E-state index in [-0.39, 0.29) is 12.1 Å². The first-order valence-electron chi connectivity index (χ1n) is 11.7. The molecule has 9 nitrogen and oxygen atoms in total. The topological polar surface area (TPSA) is 125 Å². The summed E-state index contributed by atoms with van der Waals surface area (Å²) in [6.07, 6.45) is 7.99. The summed E-state index contributed by atoms with van der Waals surface area (Å²) < 4.78 is 10.6. The Hall–Kier alpha value is -4.27. The molecule has 0 saturated heterocycles. The van der Waals surface area contributed by atoms with Crippen LogP contribution in [0.1, 0.15) is 37.9 Å². The first kappa shape index (κ1) is 24.8. The minimum Gasteiger partial charge on any atom is -0.474 e. The monoisotopic (exact) mass is 486 g/mol. The number of benzene rings is 1. The number of aliphatic imine (C=N–C) groups is 1. The van der Waals surface area contributed by atoms with E-state index in [0.717, 1.165) is 29.5 Å². The molecule has 1 aliphatic carbocycles. The molecule has 3 aromatic rings. The van der Waals surface area contributed by atoms with Gasteiger partial charge in [0.2, 0.25) is 5.88 Å². The summed E-state index contributed by atoms with van der Waals surface area (Å²) in [7, 11) is 3.09. The summed E-state index contributed by atoms with van der Waals surface area (Å²) in [5, 5.41) is 3.15. The first-order chi connectivity index (χ1) is 17.4. The number of pyridine rings is 1. The number of nitrogens with one attached hydrogen (secondary N) is 1. The molecule has 0 amide bonds. The molecule has 0 radical (unpaired) electrons. The second-order valence-corrected chi connectivity index (χ2v) is 8.77. The van der Waals surface area contributed by atoms with Crippen LogP contribution in [0.15, 0.2) is 66.2 Å². The Morgan fingerprint density at radius 3 is 2.39 bits per heavy atom. The standard InChI is InChI=1S/C27H30N6O3/c1-17(2)36-24-16-30-15-23(32-24)33-25(29-3)21(13-28)22-10-7-19(14-31-22)18-5-8-20(9-6-18)27(11-12-27)26(34)35-4/h5-10,13-17H,11-12,28H2,1-4H3,(H,29,32,33). The third-order valence-electron chi connectivity index (χ3n) is 6.00. The number of esters is 1. The highest BCUT2D eigenvalue weighted by atomic mass is 16.5. The summed E-state index contributed by atoms with van der Waals surface area (Å²) in [4.78, 5) is 29.7. The number of nitrogens with two attached hydrogens (primary N) is 1. The van der Waals surface area contributed by atoms with Crippen LogP contribution in [0.3, 0.4) is 0 Å². The highest BCUT2D eigenvalue weighted by Gasteiger charge is 2.52. The Kier molecular flexibility index (Phi) is 7.28. The van der Waals surface area contributed by atoms with E-state index in [2.05, 4.69) is 25.3 Å². The second-order valence-electron chi connectivity index (χ2n) is 8.77. The van der Waals surface area contributed by atoms with Crippen molar-refractivity contribution in [1.82, 2.24) is 15.0 Å². The number of hydrogen-bond donors (Lipinski definition) is 2. The molecule has 186 valence electrons. The van der Waals surface area contributed by atoms with E-state index >= 15 is 0 Å². The molecule has 4 rings (SSSR count). The lowest BCUT2D eigenvalue weighted by molar-refractivity contribution is -0.143. The Morgan fingerprint density at radius 1 is 1.11 bits per heavy atom. The van der Waals surface area contributed by atoms with Crippen LogP contribution in [0.25, 0.3) is 16.7 Å². The van der Waals surface area contributed by atoms with Gasteiger partial charge in [-0.15, -0.1) is 0 Å². The third kappa shape index (κ3) is 5.19. The van der Waals surface area contributed by atoms with Crippen molar-refractivity contribution < 1.29 is 14.3 Å². The van der Waals surface area contributed by atoms with Gasteiger partial charge in [0.25, 0.3) is 0 Å². The van der Waals surface area contributed by atoms with E-state index in [1.807, 2.05) is 50.2 Å². The van der Waals surface area contributed by atoms with Gasteiger partial charge in [0.15, 0.2) is 5.82 Å². The Labute approximate surface area is 210 Å². The number of rotatable bonds is 8. The molecule has 0 bridgehead atoms. The molecule has 1 aromatic carbocycles. The highest BCUT2D eigenvalue weighted by molar-refractivity contribution is 6.27. The van der Waals surface area contributed by atoms with Gasteiger partial charge in [-0.3, -0.25) is 19.8 Å². The van der Waals surface area contributed by atoms with Gasteiger partial charge in [-0.2, -0.15) is 4.98 Å². The minimum absolute atomic E-state index is 0.0186. The van der Waals surface area contributed by atoms with Crippen LogP contribution in [0.5, 0.6) is 5.88 Å². The largest absolute Gasteiger partial charge is 0.474 e. The van der Waals surface area contributed by atoms with E-state index in [1.54, 1.807) is 25.6 Å². The molecular formula is C27H30N6O3. The fourth-order valence-corrected chi connectivity index (χ4v) is 3.99. The number of nitrogens with zero attached hydrogens (tertiary/aromatic N) is 4. The van der Waals surface area contributed by atoms with E-state index in [9.17, 15) is 4.79 Å². The fourth-order valence-electron chi connectivity index (χ4n) is 3.99. The van der Waals surface area contributed by atoms with Crippen LogP contribution >= 0.6 is 0 Å². The Bertz CT molecular complexity index is 1280. The number of aromatic nitrogens is 3. The van der Waals surface area contributed by atoms with E-state index in [1.165, 1.54) is 13.3 Å². The second kappa shape index (κ2) is 10.6. The number of ether oxygens (including phenoxy) is 2. The van der Waals surface area contributed by atoms with E-state index < -0.39 is 5.41 Å². The predicted molar refractivity (Wildman–Crippen MR) is 140 cm³/mol. The smallest absolute Gasteiger partial charge is 0.316 e. The molecule has 3 N–H and O–H groups in total. The molecule has 1 fully saturated rings. The van der Waals surface area contributed by atoms with Gasteiger partial charge < -0.3 is 20.5 Å². The molecule has 2 heterocycles. The summed E-state index contributed by atoms with van der Waals surface area (Å²) in [5.41, 5.74) is 9.66. The maximum Gasteiger partial charge on any atom is 0.316 e. The van der Waals surface area contributed by atoms with E-state index in [4.69, 9.17) is 15.2 Å². The van der Waals surface area contributed by atoms with Crippen LogP contribution in [0, 0.1) is 0 Å². The van der Waals surface area contributed by atoms with Crippen LogP contribution < -0.4 is 15.8 Å². The molecule has 0 unspecified atom stereocenters. The lowest BCUT2D eigenvalue weighted by Gasteiger charge is -2.14. The molecule has 1 aliphatic rings. The summed E-state index contributed by atoms with van der Waals surface area (Å²) in [6, 6.07) is 11.8. The van der Waals surface area contributed by atoms with Gasteiger partial charge in [0, 0.05) is 25.0 Å². The number of carbonyl (C=O) groups excluding carboxylic acids is 1. The van der Waals surface area contributed by atoms with Crippen molar-refractivity contribution in [3.63, 3.8) is 0 Å². The molecule has 9 heteroatoms. The zero-order chi connectivity index (χ0) is 25.7. The average Bonchev–Trinajstić information content (AvgIpc) is 3.70. The normalized spacial score (nSPS) is 14.9. The first-order valence-corrected chi connectivity index (χ1v) is 11.7. The Morgan fingerprint density at radius 2 is 1.83 bits per heavy atom. The van der Waals surface area contributed by atoms with Crippen LogP contribution in [0.4, 0.5) is 5.82 Å². The molecule has 1 saturated carbocycles. The van der Waals surface area contributed by atoms with Crippen LogP contribution in [0.2, 0.25) is 0 Å². The van der Waals surface area contributed by atoms with Crippen molar-refractivity contribution in [3.8, 4) is 17.0 Å². The van der Waals surface area contributed by atoms with Crippen molar-refractivity contribution in [2.75, 3.05) is 19.5 Å². The van der Waals surface area contributed by atoms with E-state index in [0.29, 0.717) is 28.8 Å². The van der Waals surface area contributed by atoms with Gasteiger partial charge in [0.05, 0.1) is 42.3 Å². The lowest BCUT2D eigenvalue weighted by Crippen LogP contribution is -2.21. The quantitative estimate of drug-likeness (QED) is 0.278. The lowest BCUT2D eigenvalue weighted by atomic mass is 9.94. The summed E-state index contributed by atoms with van der Waals surface area (Å²) in [6.45, 7) is 3.84. The minimum atomic E-state index is -0.482. The molecule has 0 atom stereocenters. The maximum absolute atomic E-state index is 12.2. The van der Waals surface area contributed by atoms with Crippen molar-refractivity contribution in [2.24, 2.45) is 10.7 Å². The molecule has 0 spiro atoms. The maximum atomic E-state index is 12.2. The zero-order valence-corrected chi connectivity index (χ0v) is 20.9. The SMILES string of the molecule is CN=C(Nc1cncc(OC(C)C)n1)C(=CN)c1ccc(-c2ccc(C3(C(=O)OC)CC3)cc2)cn1. The van der Waals surface area contributed by atoms with Crippen LogP contribution in [-0.4, -0.2) is 47.0 Å². The van der Waals surface area contributed by atoms with Gasteiger partial charge in [-0.25, -0.2) is 0 Å². The zero-order valence-electron chi connectivity index (χ0n) is 20.9. The average molecular weight is 487 g/mol. The van der Waals surface area contributed by atoms with Gasteiger partial charge in [-0.1, -0.05) is 30.3 Å². The fraction of sp³-hybridized carbons (Fsp3) is 0.296. The van der Waals surface area contributed by atoms with Crippen molar-refractivity contribution >= 4 is 23.2 Å². The van der Waals surface area contributed by atoms with Gasteiger partial charge >= 0.3 is 5.97 Å². The molecule has 0 aliphatic heterocycles. The number of carbonyl (C=O) groups is 1. The van der Waals surface area contributed by atoms with Crippen LogP contribution in [-0.2, 0) is 14.9 Å².